The third-order valence-corrected chi connectivity index (χ3v) is 8.56. The van der Waals surface area contributed by atoms with Gasteiger partial charge in [0, 0.05) is 26.2 Å². The van der Waals surface area contributed by atoms with Crippen molar-refractivity contribution in [2.45, 2.75) is 30.2 Å². The Morgan fingerprint density at radius 2 is 1.49 bits per heavy atom. The second kappa shape index (κ2) is 10.3. The monoisotopic (exact) mass is 515 g/mol. The molecule has 8 nitrogen and oxygen atoms in total. The number of likely N-dealkylation sites (tertiary alicyclic amines) is 1. The van der Waals surface area contributed by atoms with E-state index in [2.05, 4.69) is 22.2 Å². The lowest BCUT2D eigenvalue weighted by Crippen LogP contribution is -2.41. The van der Waals surface area contributed by atoms with E-state index in [9.17, 15) is 13.2 Å². The molecule has 0 radical (unpaired) electrons. The van der Waals surface area contributed by atoms with Crippen LogP contribution in [0.4, 0.5) is 4.79 Å². The van der Waals surface area contributed by atoms with Crippen LogP contribution < -0.4 is 0 Å². The van der Waals surface area contributed by atoms with Crippen molar-refractivity contribution < 1.29 is 13.2 Å². The van der Waals surface area contributed by atoms with Crippen LogP contribution in [0.5, 0.6) is 0 Å². The van der Waals surface area contributed by atoms with E-state index < -0.39 is 10.0 Å². The van der Waals surface area contributed by atoms with E-state index in [0.29, 0.717) is 12.4 Å². The molecule has 1 amide bonds. The number of carbonyl (C=O) groups is 1. The summed E-state index contributed by atoms with van der Waals surface area (Å²) in [4.78, 5) is 19.9. The molecular formula is C28H29N5O3S. The summed E-state index contributed by atoms with van der Waals surface area (Å²) in [6, 6.07) is 24.5. The summed E-state index contributed by atoms with van der Waals surface area (Å²) in [5.74, 6) is 0.473. The predicted molar refractivity (Wildman–Crippen MR) is 142 cm³/mol. The Morgan fingerprint density at radius 3 is 2.14 bits per heavy atom. The van der Waals surface area contributed by atoms with Crippen molar-refractivity contribution in [1.29, 1.82) is 0 Å². The molecule has 0 N–H and O–H groups in total. The molecule has 190 valence electrons. The van der Waals surface area contributed by atoms with E-state index in [1.165, 1.54) is 29.4 Å². The van der Waals surface area contributed by atoms with Crippen LogP contribution in [-0.2, 0) is 10.0 Å². The zero-order chi connectivity index (χ0) is 26.0. The highest BCUT2D eigenvalue weighted by molar-refractivity contribution is 7.89. The third-order valence-electron chi connectivity index (χ3n) is 6.73. The van der Waals surface area contributed by atoms with Crippen LogP contribution in [0.25, 0.3) is 22.5 Å². The van der Waals surface area contributed by atoms with Crippen LogP contribution in [0.15, 0.2) is 90.1 Å². The Balaban J connectivity index is 1.33. The van der Waals surface area contributed by atoms with Crippen LogP contribution in [0.1, 0.15) is 30.9 Å². The fraction of sp³-hybridized carbons (Fsp3) is 0.250. The summed E-state index contributed by atoms with van der Waals surface area (Å²) in [5.41, 5.74) is 3.77. The molecule has 0 saturated carbocycles. The maximum Gasteiger partial charge on any atom is 0.346 e. The van der Waals surface area contributed by atoms with Gasteiger partial charge in [-0.3, -0.25) is 0 Å². The number of carbonyl (C=O) groups excluding carboxylic acids is 1. The number of rotatable bonds is 5. The highest BCUT2D eigenvalue weighted by atomic mass is 32.2. The number of benzene rings is 3. The molecule has 0 bridgehead atoms. The first-order valence-corrected chi connectivity index (χ1v) is 13.7. The molecule has 4 aromatic rings. The van der Waals surface area contributed by atoms with Gasteiger partial charge >= 0.3 is 6.03 Å². The van der Waals surface area contributed by atoms with E-state index >= 15 is 0 Å². The minimum absolute atomic E-state index is 0.0356. The van der Waals surface area contributed by atoms with Gasteiger partial charge in [0.2, 0.25) is 10.0 Å². The van der Waals surface area contributed by atoms with Crippen LogP contribution in [-0.4, -0.2) is 59.1 Å². The summed E-state index contributed by atoms with van der Waals surface area (Å²) >= 11 is 0. The Labute approximate surface area is 217 Å². The Hall–Kier alpha value is -3.82. The molecule has 1 atom stereocenters. The molecule has 2 heterocycles. The summed E-state index contributed by atoms with van der Waals surface area (Å²) in [6.07, 6.45) is 4.47. The minimum atomic E-state index is -3.47. The summed E-state index contributed by atoms with van der Waals surface area (Å²) < 4.78 is 27.1. The smallest absolute Gasteiger partial charge is 0.316 e. The standard InChI is InChI=1S/C28H29N5O3S/c1-31(2)37(35,36)25-17-15-22(16-18-25)21-11-13-24(14-12-21)27-29-20-33(30-27)28(34)32-19-7-6-10-26(32)23-8-4-3-5-9-23/h3-5,8-9,11-18,20,26H,6-7,10,19H2,1-2H3/t26-/m1/s1. The van der Waals surface area contributed by atoms with Gasteiger partial charge in [0.05, 0.1) is 10.9 Å². The minimum Gasteiger partial charge on any atom is -0.316 e. The summed E-state index contributed by atoms with van der Waals surface area (Å²) in [7, 11) is -0.442. The first-order valence-electron chi connectivity index (χ1n) is 12.3. The molecular weight excluding hydrogens is 486 g/mol. The molecule has 0 unspecified atom stereocenters. The van der Waals surface area contributed by atoms with Gasteiger partial charge < -0.3 is 4.90 Å². The van der Waals surface area contributed by atoms with Gasteiger partial charge in [-0.05, 0) is 48.1 Å². The van der Waals surface area contributed by atoms with Crippen LogP contribution in [0, 0.1) is 0 Å². The van der Waals surface area contributed by atoms with Crippen molar-refractivity contribution >= 4 is 16.1 Å². The van der Waals surface area contributed by atoms with E-state index in [1.54, 1.807) is 24.3 Å². The van der Waals surface area contributed by atoms with E-state index in [1.807, 2.05) is 47.4 Å². The largest absolute Gasteiger partial charge is 0.346 e. The van der Waals surface area contributed by atoms with Crippen LogP contribution in [0.3, 0.4) is 0 Å². The zero-order valence-corrected chi connectivity index (χ0v) is 21.7. The quantitative estimate of drug-likeness (QED) is 0.371. The van der Waals surface area contributed by atoms with Crippen molar-refractivity contribution in [3.05, 3.63) is 90.8 Å². The molecule has 0 aliphatic carbocycles. The van der Waals surface area contributed by atoms with Gasteiger partial charge in [0.1, 0.15) is 6.33 Å². The maximum atomic E-state index is 13.3. The van der Waals surface area contributed by atoms with Crippen molar-refractivity contribution in [2.24, 2.45) is 0 Å². The fourth-order valence-corrected chi connectivity index (χ4v) is 5.54. The average molecular weight is 516 g/mol. The SMILES string of the molecule is CN(C)S(=O)(=O)c1ccc(-c2ccc(-c3ncn(C(=O)N4CCCC[C@@H]4c4ccccc4)n3)cc2)cc1. The second-order valence-corrected chi connectivity index (χ2v) is 11.5. The van der Waals surface area contributed by atoms with E-state index in [0.717, 1.165) is 41.5 Å². The van der Waals surface area contributed by atoms with Crippen LogP contribution in [0.2, 0.25) is 0 Å². The van der Waals surface area contributed by atoms with Gasteiger partial charge in [-0.2, -0.15) is 4.68 Å². The number of hydrogen-bond acceptors (Lipinski definition) is 5. The third kappa shape index (κ3) is 5.05. The van der Waals surface area contributed by atoms with Crippen molar-refractivity contribution in [1.82, 2.24) is 24.0 Å². The highest BCUT2D eigenvalue weighted by Crippen LogP contribution is 2.31. The second-order valence-electron chi connectivity index (χ2n) is 9.30. The Kier molecular flexibility index (Phi) is 6.90. The van der Waals surface area contributed by atoms with Gasteiger partial charge in [0.15, 0.2) is 5.82 Å². The lowest BCUT2D eigenvalue weighted by Gasteiger charge is -2.35. The molecule has 9 heteroatoms. The van der Waals surface area contributed by atoms with E-state index in [-0.39, 0.29) is 17.0 Å². The number of sulfonamides is 1. The first kappa shape index (κ1) is 24.9. The maximum absolute atomic E-state index is 13.3. The fourth-order valence-electron chi connectivity index (χ4n) is 4.64. The Bertz CT molecular complexity index is 1480. The summed E-state index contributed by atoms with van der Waals surface area (Å²) in [6.45, 7) is 0.691. The van der Waals surface area contributed by atoms with Gasteiger partial charge in [-0.1, -0.05) is 66.7 Å². The molecule has 1 saturated heterocycles. The summed E-state index contributed by atoms with van der Waals surface area (Å²) in [5, 5.41) is 4.48. The molecule has 1 aliphatic heterocycles. The molecule has 5 rings (SSSR count). The lowest BCUT2D eigenvalue weighted by molar-refractivity contribution is 0.150. The molecule has 37 heavy (non-hydrogen) atoms. The number of nitrogens with zero attached hydrogens (tertiary/aromatic N) is 5. The number of hydrogen-bond donors (Lipinski definition) is 0. The molecule has 1 aromatic heterocycles. The molecule has 1 aliphatic rings. The number of piperidine rings is 1. The van der Waals surface area contributed by atoms with Gasteiger partial charge in [0.25, 0.3) is 0 Å². The first-order chi connectivity index (χ1) is 17.8. The molecule has 0 spiro atoms. The van der Waals surface area contributed by atoms with Crippen molar-refractivity contribution in [3.63, 3.8) is 0 Å². The highest BCUT2D eigenvalue weighted by Gasteiger charge is 2.29. The van der Waals surface area contributed by atoms with Gasteiger partial charge in [-0.25, -0.2) is 22.5 Å². The topological polar surface area (TPSA) is 88.4 Å². The van der Waals surface area contributed by atoms with Gasteiger partial charge in [-0.15, -0.1) is 5.10 Å². The zero-order valence-electron chi connectivity index (χ0n) is 20.9. The van der Waals surface area contributed by atoms with Crippen molar-refractivity contribution in [3.8, 4) is 22.5 Å². The van der Waals surface area contributed by atoms with E-state index in [4.69, 9.17) is 0 Å². The molecule has 1 fully saturated rings. The van der Waals surface area contributed by atoms with Crippen LogP contribution >= 0.6 is 0 Å². The Morgan fingerprint density at radius 1 is 0.865 bits per heavy atom. The molecule has 3 aromatic carbocycles. The lowest BCUT2D eigenvalue weighted by atomic mass is 9.96. The average Bonchev–Trinajstić information content (AvgIpc) is 3.44. The number of amides is 1. The number of aromatic nitrogens is 3. The van der Waals surface area contributed by atoms with Crippen molar-refractivity contribution in [2.75, 3.05) is 20.6 Å². The normalized spacial score (nSPS) is 16.2. The predicted octanol–water partition coefficient (Wildman–Crippen LogP) is 5.06.